The fraction of sp³-hybridized carbons (Fsp3) is 0.706. The molecule has 0 aliphatic heterocycles. The summed E-state index contributed by atoms with van der Waals surface area (Å²) in [4.78, 5) is 22.1. The van der Waals surface area contributed by atoms with Gasteiger partial charge in [-0.3, -0.25) is 9.59 Å². The Bertz CT molecular complexity index is 1050. The van der Waals surface area contributed by atoms with E-state index in [-0.39, 0.29) is 30.1 Å². The lowest BCUT2D eigenvalue weighted by Crippen LogP contribution is -2.57. The van der Waals surface area contributed by atoms with Crippen molar-refractivity contribution < 1.29 is 24.9 Å². The molecule has 0 saturated heterocycles. The number of rotatable bonds is 14. The van der Waals surface area contributed by atoms with Crippen molar-refractivity contribution in [2.75, 3.05) is 13.1 Å². The first-order chi connectivity index (χ1) is 19.1. The van der Waals surface area contributed by atoms with Crippen molar-refractivity contribution in [1.82, 2.24) is 10.6 Å². The molecule has 0 radical (unpaired) electrons. The molecule has 3 rings (SSSR count). The molecule has 1 amide bonds. The lowest BCUT2D eigenvalue weighted by molar-refractivity contribution is -0.171. The van der Waals surface area contributed by atoms with E-state index in [0.29, 0.717) is 30.8 Å². The van der Waals surface area contributed by atoms with E-state index in [1.54, 1.807) is 0 Å². The largest absolute Gasteiger partial charge is 0.481 e. The van der Waals surface area contributed by atoms with Crippen LogP contribution in [-0.2, 0) is 16.1 Å². The fourth-order valence-corrected chi connectivity index (χ4v) is 7.79. The number of fused-ring (bicyclic) bond motifs is 1. The molecule has 5 N–H and O–H groups in total. The standard InChI is InChI=1S/C34H54N2O5/c1-31(2)17-6-18-33(4)27(31)16-21-34(5,41)28(33)15-20-32(3,40)19-14-25-8-10-26(11-9-25)24-35-22-7-23-36-29(37)12-13-30(38)39/h8-11,14,19,27-28,35,40-41H,6-7,12-13,15-18,20-24H2,1-5H3,(H,36,37)(H,38,39)/b19-14+/t27-,28+,32-,33-,34+/m0/s1. The number of amides is 1. The van der Waals surface area contributed by atoms with Crippen molar-refractivity contribution in [3.05, 3.63) is 41.5 Å². The van der Waals surface area contributed by atoms with Crippen molar-refractivity contribution in [1.29, 1.82) is 0 Å². The van der Waals surface area contributed by atoms with Crippen LogP contribution in [0.3, 0.4) is 0 Å². The van der Waals surface area contributed by atoms with Gasteiger partial charge in [0.05, 0.1) is 17.6 Å². The van der Waals surface area contributed by atoms with Crippen molar-refractivity contribution in [3.63, 3.8) is 0 Å². The third kappa shape index (κ3) is 9.39. The molecule has 0 bridgehead atoms. The van der Waals surface area contributed by atoms with Crippen LogP contribution < -0.4 is 10.6 Å². The highest BCUT2D eigenvalue weighted by atomic mass is 16.4. The van der Waals surface area contributed by atoms with Gasteiger partial charge in [0.2, 0.25) is 5.91 Å². The highest BCUT2D eigenvalue weighted by molar-refractivity contribution is 5.80. The van der Waals surface area contributed by atoms with Crippen LogP contribution in [0, 0.1) is 22.7 Å². The molecular formula is C34H54N2O5. The molecular weight excluding hydrogens is 516 g/mol. The molecule has 41 heavy (non-hydrogen) atoms. The minimum Gasteiger partial charge on any atom is -0.481 e. The summed E-state index contributed by atoms with van der Waals surface area (Å²) in [6.45, 7) is 13.1. The molecule has 1 aromatic rings. The Morgan fingerprint density at radius 2 is 1.76 bits per heavy atom. The fourth-order valence-electron chi connectivity index (χ4n) is 7.79. The van der Waals surface area contributed by atoms with Crippen molar-refractivity contribution in [2.24, 2.45) is 22.7 Å². The van der Waals surface area contributed by atoms with Gasteiger partial charge in [0.25, 0.3) is 0 Å². The van der Waals surface area contributed by atoms with E-state index in [9.17, 15) is 19.8 Å². The molecule has 2 aliphatic rings. The summed E-state index contributed by atoms with van der Waals surface area (Å²) in [5.41, 5.74) is 0.934. The zero-order chi connectivity index (χ0) is 30.3. The van der Waals surface area contributed by atoms with Gasteiger partial charge in [0.1, 0.15) is 0 Å². The van der Waals surface area contributed by atoms with Gasteiger partial charge in [-0.2, -0.15) is 0 Å². The average Bonchev–Trinajstić information content (AvgIpc) is 2.87. The van der Waals surface area contributed by atoms with E-state index < -0.39 is 17.2 Å². The van der Waals surface area contributed by atoms with Gasteiger partial charge in [-0.25, -0.2) is 0 Å². The van der Waals surface area contributed by atoms with E-state index in [1.165, 1.54) is 12.8 Å². The van der Waals surface area contributed by atoms with Gasteiger partial charge in [0, 0.05) is 19.5 Å². The molecule has 230 valence electrons. The second kappa shape index (κ2) is 13.8. The van der Waals surface area contributed by atoms with Gasteiger partial charge in [-0.05, 0) is 99.1 Å². The maximum Gasteiger partial charge on any atom is 0.303 e. The van der Waals surface area contributed by atoms with E-state index in [0.717, 1.165) is 49.8 Å². The molecule has 2 saturated carbocycles. The molecule has 1 aromatic carbocycles. The molecule has 0 spiro atoms. The monoisotopic (exact) mass is 570 g/mol. The van der Waals surface area contributed by atoms with Crippen LogP contribution in [0.25, 0.3) is 6.08 Å². The summed E-state index contributed by atoms with van der Waals surface area (Å²) in [5, 5.41) is 37.4. The summed E-state index contributed by atoms with van der Waals surface area (Å²) in [6.07, 6.45) is 11.5. The second-order valence-electron chi connectivity index (χ2n) is 14.1. The van der Waals surface area contributed by atoms with E-state index >= 15 is 0 Å². The lowest BCUT2D eigenvalue weighted by Gasteiger charge is -2.61. The summed E-state index contributed by atoms with van der Waals surface area (Å²) >= 11 is 0. The van der Waals surface area contributed by atoms with Gasteiger partial charge in [-0.1, -0.05) is 63.6 Å². The molecule has 5 atom stereocenters. The Morgan fingerprint density at radius 1 is 1.05 bits per heavy atom. The van der Waals surface area contributed by atoms with Gasteiger partial charge in [0.15, 0.2) is 0 Å². The maximum atomic E-state index is 11.5. The number of aliphatic hydroxyl groups is 2. The van der Waals surface area contributed by atoms with Crippen LogP contribution in [0.5, 0.6) is 0 Å². The molecule has 7 heteroatoms. The summed E-state index contributed by atoms with van der Waals surface area (Å²) < 4.78 is 0. The Labute approximate surface area is 247 Å². The molecule has 0 heterocycles. The van der Waals surface area contributed by atoms with Crippen LogP contribution >= 0.6 is 0 Å². The second-order valence-corrected chi connectivity index (χ2v) is 14.1. The van der Waals surface area contributed by atoms with Gasteiger partial charge < -0.3 is 26.0 Å². The number of carboxylic acid groups (broad SMARTS) is 1. The number of carbonyl (C=O) groups excluding carboxylic acids is 1. The number of hydrogen-bond acceptors (Lipinski definition) is 5. The molecule has 0 unspecified atom stereocenters. The highest BCUT2D eigenvalue weighted by Crippen LogP contribution is 2.63. The van der Waals surface area contributed by atoms with E-state index in [2.05, 4.69) is 43.5 Å². The van der Waals surface area contributed by atoms with Gasteiger partial charge in [-0.15, -0.1) is 0 Å². The quantitative estimate of drug-likeness (QED) is 0.184. The lowest BCUT2D eigenvalue weighted by atomic mass is 9.45. The number of carbonyl (C=O) groups is 2. The predicted molar refractivity (Wildman–Crippen MR) is 164 cm³/mol. The third-order valence-corrected chi connectivity index (χ3v) is 10.1. The highest BCUT2D eigenvalue weighted by Gasteiger charge is 2.57. The maximum absolute atomic E-state index is 11.5. The number of benzene rings is 1. The number of hydrogen-bond donors (Lipinski definition) is 5. The smallest absolute Gasteiger partial charge is 0.303 e. The minimum absolute atomic E-state index is 0.0138. The molecule has 2 aliphatic carbocycles. The number of aliphatic carboxylic acids is 1. The first kappa shape index (κ1) is 33.3. The van der Waals surface area contributed by atoms with Crippen LogP contribution in [0.15, 0.2) is 30.3 Å². The first-order valence-electron chi connectivity index (χ1n) is 15.6. The number of carboxylic acids is 1. The van der Waals surface area contributed by atoms with Crippen LogP contribution in [0.1, 0.15) is 110 Å². The Kier molecular flexibility index (Phi) is 11.2. The normalized spacial score (nSPS) is 29.0. The SMILES string of the molecule is CC1(C)CCC[C@]2(C)[C@@H](CC[C@@](C)(O)/C=C/c3ccc(CNCCCNC(=O)CCC(=O)O)cc3)[C@](C)(O)CC[C@@H]12. The summed E-state index contributed by atoms with van der Waals surface area (Å²) in [5.74, 6) is -0.409. The van der Waals surface area contributed by atoms with Crippen LogP contribution in [0.4, 0.5) is 0 Å². The summed E-state index contributed by atoms with van der Waals surface area (Å²) in [7, 11) is 0. The number of nitrogens with one attached hydrogen (secondary N) is 2. The molecule has 0 aromatic heterocycles. The van der Waals surface area contributed by atoms with E-state index in [4.69, 9.17) is 5.11 Å². The van der Waals surface area contributed by atoms with E-state index in [1.807, 2.05) is 38.1 Å². The van der Waals surface area contributed by atoms with Crippen LogP contribution in [-0.4, -0.2) is 51.5 Å². The van der Waals surface area contributed by atoms with Crippen molar-refractivity contribution >= 4 is 18.0 Å². The summed E-state index contributed by atoms with van der Waals surface area (Å²) in [6, 6.07) is 8.24. The third-order valence-electron chi connectivity index (χ3n) is 10.1. The first-order valence-corrected chi connectivity index (χ1v) is 15.6. The van der Waals surface area contributed by atoms with Gasteiger partial charge >= 0.3 is 5.97 Å². The topological polar surface area (TPSA) is 119 Å². The van der Waals surface area contributed by atoms with Crippen molar-refractivity contribution in [2.45, 2.75) is 117 Å². The Morgan fingerprint density at radius 3 is 2.44 bits per heavy atom. The van der Waals surface area contributed by atoms with Crippen molar-refractivity contribution in [3.8, 4) is 0 Å². The Balaban J connectivity index is 1.45. The minimum atomic E-state index is -0.963. The molecule has 7 nitrogen and oxygen atoms in total. The zero-order valence-electron chi connectivity index (χ0n) is 26.0. The molecule has 2 fully saturated rings. The Hall–Kier alpha value is -2.22. The van der Waals surface area contributed by atoms with Crippen LogP contribution in [0.2, 0.25) is 0 Å². The predicted octanol–water partition coefficient (Wildman–Crippen LogP) is 5.69. The zero-order valence-corrected chi connectivity index (χ0v) is 26.0. The average molecular weight is 571 g/mol.